The molecule has 0 bridgehead atoms. The van der Waals surface area contributed by atoms with Crippen molar-refractivity contribution in [1.29, 1.82) is 0 Å². The zero-order valence-corrected chi connectivity index (χ0v) is 11.8. The normalized spacial score (nSPS) is 17.2. The Bertz CT molecular complexity index is 634. The fourth-order valence-corrected chi connectivity index (χ4v) is 3.09. The third kappa shape index (κ3) is 1.99. The molecule has 96 valence electrons. The minimum atomic E-state index is 0.495. The largest absolute Gasteiger partial charge is 0.329 e. The maximum Gasteiger partial charge on any atom is 0.179 e. The van der Waals surface area contributed by atoms with Crippen LogP contribution in [0.15, 0.2) is 12.3 Å². The van der Waals surface area contributed by atoms with E-state index in [-0.39, 0.29) is 0 Å². The van der Waals surface area contributed by atoms with Gasteiger partial charge in [-0.05, 0) is 55.4 Å². The lowest BCUT2D eigenvalue weighted by Gasteiger charge is -2.14. The number of aromatic amines is 1. The molecule has 0 aromatic carbocycles. The molecule has 1 saturated carbocycles. The molecule has 18 heavy (non-hydrogen) atoms. The van der Waals surface area contributed by atoms with Gasteiger partial charge in [-0.2, -0.15) is 0 Å². The van der Waals surface area contributed by atoms with E-state index in [0.717, 1.165) is 22.5 Å². The fourth-order valence-electron chi connectivity index (χ4n) is 2.82. The number of aryl methyl sites for hydroxylation is 1. The summed E-state index contributed by atoms with van der Waals surface area (Å²) in [4.78, 5) is 7.81. The van der Waals surface area contributed by atoms with Crippen molar-refractivity contribution in [2.24, 2.45) is 5.41 Å². The van der Waals surface area contributed by atoms with Gasteiger partial charge in [-0.25, -0.2) is 4.98 Å². The molecule has 0 saturated heterocycles. The second kappa shape index (κ2) is 4.19. The lowest BCUT2D eigenvalue weighted by Crippen LogP contribution is -2.12. The van der Waals surface area contributed by atoms with Crippen LogP contribution in [-0.4, -0.2) is 14.5 Å². The monoisotopic (exact) mass is 261 g/mol. The SMILES string of the molecule is CCCC1(Cn2c(=S)[nH]c3cc(C)cnc32)CC1. The van der Waals surface area contributed by atoms with Gasteiger partial charge in [-0.15, -0.1) is 0 Å². The van der Waals surface area contributed by atoms with E-state index in [4.69, 9.17) is 12.2 Å². The molecule has 0 unspecified atom stereocenters. The maximum absolute atomic E-state index is 5.44. The van der Waals surface area contributed by atoms with Gasteiger partial charge in [0.15, 0.2) is 10.4 Å². The van der Waals surface area contributed by atoms with Gasteiger partial charge < -0.3 is 9.55 Å². The molecule has 1 fully saturated rings. The smallest absolute Gasteiger partial charge is 0.179 e. The molecule has 2 aromatic heterocycles. The predicted molar refractivity (Wildman–Crippen MR) is 76.2 cm³/mol. The second-order valence-corrected chi connectivity index (χ2v) is 6.04. The molecule has 2 heterocycles. The van der Waals surface area contributed by atoms with Crippen molar-refractivity contribution >= 4 is 23.4 Å². The summed E-state index contributed by atoms with van der Waals surface area (Å²) in [5, 5.41) is 0. The van der Waals surface area contributed by atoms with Crippen LogP contribution in [0.4, 0.5) is 0 Å². The molecule has 0 aliphatic heterocycles. The van der Waals surface area contributed by atoms with E-state index in [2.05, 4.69) is 34.4 Å². The summed E-state index contributed by atoms with van der Waals surface area (Å²) < 4.78 is 3.00. The average Bonchev–Trinajstić information content (AvgIpc) is 3.00. The van der Waals surface area contributed by atoms with Gasteiger partial charge in [0.2, 0.25) is 0 Å². The number of hydrogen-bond acceptors (Lipinski definition) is 2. The standard InChI is InChI=1S/C14H19N3S/c1-3-4-14(5-6-14)9-17-12-11(16-13(17)18)7-10(2)8-15-12/h7-8H,3-6,9H2,1-2H3,(H,16,18). The minimum absolute atomic E-state index is 0.495. The lowest BCUT2D eigenvalue weighted by atomic mass is 10.0. The van der Waals surface area contributed by atoms with Gasteiger partial charge in [0.1, 0.15) is 0 Å². The summed E-state index contributed by atoms with van der Waals surface area (Å²) in [5.74, 6) is 0. The summed E-state index contributed by atoms with van der Waals surface area (Å²) in [6.45, 7) is 5.34. The van der Waals surface area contributed by atoms with Gasteiger partial charge in [-0.1, -0.05) is 13.3 Å². The average molecular weight is 261 g/mol. The molecule has 1 aliphatic rings. The zero-order valence-electron chi connectivity index (χ0n) is 11.0. The number of rotatable bonds is 4. The molecule has 0 spiro atoms. The van der Waals surface area contributed by atoms with E-state index < -0.39 is 0 Å². The Morgan fingerprint density at radius 3 is 2.94 bits per heavy atom. The van der Waals surface area contributed by atoms with Crippen LogP contribution in [0.25, 0.3) is 11.2 Å². The Morgan fingerprint density at radius 1 is 1.50 bits per heavy atom. The second-order valence-electron chi connectivity index (χ2n) is 5.65. The summed E-state index contributed by atoms with van der Waals surface area (Å²) >= 11 is 5.44. The summed E-state index contributed by atoms with van der Waals surface area (Å²) in [6.07, 6.45) is 7.14. The van der Waals surface area contributed by atoms with E-state index in [1.807, 2.05) is 6.20 Å². The van der Waals surface area contributed by atoms with Crippen LogP contribution in [0.3, 0.4) is 0 Å². The first-order chi connectivity index (χ1) is 8.63. The number of nitrogens with one attached hydrogen (secondary N) is 1. The number of imidazole rings is 1. The van der Waals surface area contributed by atoms with Crippen molar-refractivity contribution in [1.82, 2.24) is 14.5 Å². The summed E-state index contributed by atoms with van der Waals surface area (Å²) in [6, 6.07) is 2.12. The number of fused-ring (bicyclic) bond motifs is 1. The van der Waals surface area contributed by atoms with E-state index in [1.165, 1.54) is 31.2 Å². The first-order valence-corrected chi connectivity index (χ1v) is 7.09. The molecule has 0 amide bonds. The topological polar surface area (TPSA) is 33.6 Å². The molecule has 1 aliphatic carbocycles. The van der Waals surface area contributed by atoms with Gasteiger partial charge in [-0.3, -0.25) is 0 Å². The molecule has 0 radical (unpaired) electrons. The lowest BCUT2D eigenvalue weighted by molar-refractivity contribution is 0.390. The van der Waals surface area contributed by atoms with Crippen LogP contribution < -0.4 is 0 Å². The van der Waals surface area contributed by atoms with Crippen molar-refractivity contribution in [2.75, 3.05) is 0 Å². The van der Waals surface area contributed by atoms with E-state index in [1.54, 1.807) is 0 Å². The van der Waals surface area contributed by atoms with Crippen LogP contribution in [0.2, 0.25) is 0 Å². The minimum Gasteiger partial charge on any atom is -0.329 e. The van der Waals surface area contributed by atoms with Crippen LogP contribution in [0.5, 0.6) is 0 Å². The van der Waals surface area contributed by atoms with Gasteiger partial charge in [0.05, 0.1) is 5.52 Å². The van der Waals surface area contributed by atoms with Gasteiger partial charge >= 0.3 is 0 Å². The maximum atomic E-state index is 5.44. The predicted octanol–water partition coefficient (Wildman–Crippen LogP) is 3.98. The van der Waals surface area contributed by atoms with Crippen molar-refractivity contribution in [2.45, 2.75) is 46.1 Å². The van der Waals surface area contributed by atoms with Crippen LogP contribution in [-0.2, 0) is 6.54 Å². The number of hydrogen-bond donors (Lipinski definition) is 1. The third-order valence-electron chi connectivity index (χ3n) is 3.98. The van der Waals surface area contributed by atoms with Crippen LogP contribution >= 0.6 is 12.2 Å². The highest BCUT2D eigenvalue weighted by Crippen LogP contribution is 2.51. The quantitative estimate of drug-likeness (QED) is 0.844. The van der Waals surface area contributed by atoms with Crippen molar-refractivity contribution in [3.63, 3.8) is 0 Å². The van der Waals surface area contributed by atoms with Crippen molar-refractivity contribution in [3.05, 3.63) is 22.6 Å². The fraction of sp³-hybridized carbons (Fsp3) is 0.571. The number of H-pyrrole nitrogens is 1. The third-order valence-corrected chi connectivity index (χ3v) is 4.30. The molecular weight excluding hydrogens is 242 g/mol. The highest BCUT2D eigenvalue weighted by molar-refractivity contribution is 7.71. The molecule has 4 heteroatoms. The van der Waals surface area contributed by atoms with Gasteiger partial charge in [0, 0.05) is 12.7 Å². The Morgan fingerprint density at radius 2 is 2.28 bits per heavy atom. The summed E-state index contributed by atoms with van der Waals surface area (Å²) in [5.41, 5.74) is 3.73. The Hall–Kier alpha value is -1.16. The molecule has 1 N–H and O–H groups in total. The Kier molecular flexibility index (Phi) is 2.77. The molecular formula is C14H19N3S. The van der Waals surface area contributed by atoms with Crippen molar-refractivity contribution in [3.8, 4) is 0 Å². The highest BCUT2D eigenvalue weighted by Gasteiger charge is 2.42. The van der Waals surface area contributed by atoms with E-state index >= 15 is 0 Å². The molecule has 3 nitrogen and oxygen atoms in total. The number of aromatic nitrogens is 3. The van der Waals surface area contributed by atoms with E-state index in [9.17, 15) is 0 Å². The van der Waals surface area contributed by atoms with Crippen molar-refractivity contribution < 1.29 is 0 Å². The first kappa shape index (κ1) is 11.9. The van der Waals surface area contributed by atoms with Crippen LogP contribution in [0, 0.1) is 17.1 Å². The van der Waals surface area contributed by atoms with Crippen LogP contribution in [0.1, 0.15) is 38.2 Å². The Labute approximate surface area is 112 Å². The number of nitrogens with zero attached hydrogens (tertiary/aromatic N) is 2. The Balaban J connectivity index is 2.01. The first-order valence-electron chi connectivity index (χ1n) is 6.69. The molecule has 0 atom stereocenters. The summed E-state index contributed by atoms with van der Waals surface area (Å²) in [7, 11) is 0. The number of pyridine rings is 1. The molecule has 2 aromatic rings. The zero-order chi connectivity index (χ0) is 12.8. The highest BCUT2D eigenvalue weighted by atomic mass is 32.1. The van der Waals surface area contributed by atoms with E-state index in [0.29, 0.717) is 5.41 Å². The van der Waals surface area contributed by atoms with Gasteiger partial charge in [0.25, 0.3) is 0 Å². The molecule has 3 rings (SSSR count).